The molecule has 0 aliphatic carbocycles. The molecule has 0 aliphatic rings. The van der Waals surface area contributed by atoms with Gasteiger partial charge in [-0.15, -0.1) is 0 Å². The smallest absolute Gasteiger partial charge is 0.240 e. The van der Waals surface area contributed by atoms with Crippen molar-refractivity contribution in [2.75, 3.05) is 7.05 Å². The minimum Gasteiger partial charge on any atom is -0.338 e. The molecule has 2 aromatic heterocycles. The highest BCUT2D eigenvalue weighted by atomic mass is 35.5. The normalized spacial score (nSPS) is 11.5. The number of aromatic nitrogens is 4. The van der Waals surface area contributed by atoms with E-state index in [1.54, 1.807) is 0 Å². The molecule has 0 amide bonds. The van der Waals surface area contributed by atoms with Crippen LogP contribution >= 0.6 is 11.6 Å². The van der Waals surface area contributed by atoms with Crippen LogP contribution in [-0.4, -0.2) is 31.9 Å². The first-order valence-electron chi connectivity index (χ1n) is 9.90. The highest BCUT2D eigenvalue weighted by molar-refractivity contribution is 6.30. The summed E-state index contributed by atoms with van der Waals surface area (Å²) in [7, 11) is 2.03. The van der Waals surface area contributed by atoms with Gasteiger partial charge in [0, 0.05) is 34.8 Å². The van der Waals surface area contributed by atoms with Crippen LogP contribution in [0.2, 0.25) is 5.02 Å². The second-order valence-corrected chi connectivity index (χ2v) is 8.10. The van der Waals surface area contributed by atoms with Crippen LogP contribution in [0.25, 0.3) is 16.9 Å². The summed E-state index contributed by atoms with van der Waals surface area (Å²) in [5, 5.41) is 9.62. The number of para-hydroxylation sites is 1. The van der Waals surface area contributed by atoms with Crippen LogP contribution in [-0.2, 0) is 13.1 Å². The van der Waals surface area contributed by atoms with Crippen LogP contribution in [0.1, 0.15) is 37.0 Å². The maximum absolute atomic E-state index is 6.08. The lowest BCUT2D eigenvalue weighted by Gasteiger charge is -2.14. The largest absolute Gasteiger partial charge is 0.338 e. The Balaban J connectivity index is 1.61. The fraction of sp³-hybridized carbons (Fsp3) is 0.261. The third kappa shape index (κ3) is 4.61. The number of hydrogen-bond acceptors (Lipinski definition) is 5. The minimum absolute atomic E-state index is 0.244. The van der Waals surface area contributed by atoms with Gasteiger partial charge in [0.25, 0.3) is 0 Å². The predicted molar refractivity (Wildman–Crippen MR) is 118 cm³/mol. The van der Waals surface area contributed by atoms with Gasteiger partial charge in [0.15, 0.2) is 5.82 Å². The van der Waals surface area contributed by atoms with Crippen molar-refractivity contribution in [2.45, 2.75) is 32.9 Å². The molecule has 0 fully saturated rings. The van der Waals surface area contributed by atoms with Gasteiger partial charge >= 0.3 is 0 Å². The first-order valence-corrected chi connectivity index (χ1v) is 10.3. The molecule has 0 unspecified atom stereocenters. The molecule has 2 heterocycles. The average Bonchev–Trinajstić information content (AvgIpc) is 3.37. The molecule has 0 spiro atoms. The van der Waals surface area contributed by atoms with Gasteiger partial charge in [0.05, 0.1) is 17.9 Å². The van der Waals surface area contributed by atoms with Crippen molar-refractivity contribution >= 4 is 11.6 Å². The first kappa shape index (κ1) is 20.3. The van der Waals surface area contributed by atoms with E-state index in [1.807, 2.05) is 66.3 Å². The molecule has 2 aromatic carbocycles. The van der Waals surface area contributed by atoms with Crippen molar-refractivity contribution in [3.05, 3.63) is 83.1 Å². The van der Waals surface area contributed by atoms with Crippen LogP contribution in [0, 0.1) is 0 Å². The van der Waals surface area contributed by atoms with E-state index >= 15 is 0 Å². The molecule has 154 valence electrons. The third-order valence-electron chi connectivity index (χ3n) is 4.77. The molecular formula is C23H24ClN5O. The summed E-state index contributed by atoms with van der Waals surface area (Å²) >= 11 is 6.08. The van der Waals surface area contributed by atoms with Crippen LogP contribution in [0.15, 0.2) is 65.3 Å². The lowest BCUT2D eigenvalue weighted by Crippen LogP contribution is -2.17. The third-order valence-corrected chi connectivity index (χ3v) is 5.03. The Morgan fingerprint density at radius 2 is 1.77 bits per heavy atom. The number of hydrogen-bond donors (Lipinski definition) is 0. The monoisotopic (exact) mass is 421 g/mol. The highest BCUT2D eigenvalue weighted by Crippen LogP contribution is 2.26. The molecule has 6 nitrogen and oxygen atoms in total. The SMILES string of the molecule is CC(C)c1noc(CN(C)Cc2cn(-c3ccccc3)nc2-c2ccc(Cl)cc2)n1. The van der Waals surface area contributed by atoms with E-state index in [0.29, 0.717) is 24.0 Å². The van der Waals surface area contributed by atoms with Crippen LogP contribution in [0.4, 0.5) is 0 Å². The molecule has 0 atom stereocenters. The molecule has 4 rings (SSSR count). The maximum atomic E-state index is 6.08. The average molecular weight is 422 g/mol. The summed E-state index contributed by atoms with van der Waals surface area (Å²) < 4.78 is 7.31. The van der Waals surface area contributed by atoms with Crippen molar-refractivity contribution in [3.8, 4) is 16.9 Å². The van der Waals surface area contributed by atoms with Crippen molar-refractivity contribution in [1.29, 1.82) is 0 Å². The molecule has 0 saturated heterocycles. The maximum Gasteiger partial charge on any atom is 0.240 e. The summed E-state index contributed by atoms with van der Waals surface area (Å²) in [4.78, 5) is 6.62. The zero-order chi connectivity index (χ0) is 21.1. The number of halogens is 1. The minimum atomic E-state index is 0.244. The molecule has 0 N–H and O–H groups in total. The van der Waals surface area contributed by atoms with Gasteiger partial charge in [-0.1, -0.05) is 60.9 Å². The number of benzene rings is 2. The van der Waals surface area contributed by atoms with Gasteiger partial charge < -0.3 is 4.52 Å². The van der Waals surface area contributed by atoms with Crippen molar-refractivity contribution in [3.63, 3.8) is 0 Å². The Labute approximate surface area is 181 Å². The predicted octanol–water partition coefficient (Wildman–Crippen LogP) is 5.33. The Morgan fingerprint density at radius 1 is 1.03 bits per heavy atom. The van der Waals surface area contributed by atoms with Crippen molar-refractivity contribution in [2.24, 2.45) is 0 Å². The second kappa shape index (κ2) is 8.81. The van der Waals surface area contributed by atoms with E-state index in [2.05, 4.69) is 35.1 Å². The van der Waals surface area contributed by atoms with E-state index in [-0.39, 0.29) is 5.92 Å². The van der Waals surface area contributed by atoms with Gasteiger partial charge in [-0.25, -0.2) is 4.68 Å². The van der Waals surface area contributed by atoms with E-state index in [0.717, 1.165) is 28.3 Å². The van der Waals surface area contributed by atoms with E-state index in [4.69, 9.17) is 21.2 Å². The molecule has 30 heavy (non-hydrogen) atoms. The fourth-order valence-corrected chi connectivity index (χ4v) is 3.36. The Hall–Kier alpha value is -2.96. The summed E-state index contributed by atoms with van der Waals surface area (Å²) in [6.45, 7) is 5.35. The topological polar surface area (TPSA) is 60.0 Å². The zero-order valence-electron chi connectivity index (χ0n) is 17.3. The zero-order valence-corrected chi connectivity index (χ0v) is 18.0. The quantitative estimate of drug-likeness (QED) is 0.403. The van der Waals surface area contributed by atoms with Gasteiger partial charge in [-0.05, 0) is 31.3 Å². The van der Waals surface area contributed by atoms with Crippen LogP contribution in [0.3, 0.4) is 0 Å². The molecule has 4 aromatic rings. The Bertz CT molecular complexity index is 1100. The number of nitrogens with zero attached hydrogens (tertiary/aromatic N) is 5. The van der Waals surface area contributed by atoms with Crippen molar-refractivity contribution in [1.82, 2.24) is 24.8 Å². The summed E-state index contributed by atoms with van der Waals surface area (Å²) in [5.74, 6) is 1.59. The first-order chi connectivity index (χ1) is 14.5. The van der Waals surface area contributed by atoms with E-state index < -0.39 is 0 Å². The van der Waals surface area contributed by atoms with Crippen molar-refractivity contribution < 1.29 is 4.52 Å². The number of rotatable bonds is 7. The molecule has 0 bridgehead atoms. The Morgan fingerprint density at radius 3 is 2.43 bits per heavy atom. The Kier molecular flexibility index (Phi) is 5.97. The lowest BCUT2D eigenvalue weighted by atomic mass is 10.1. The second-order valence-electron chi connectivity index (χ2n) is 7.66. The van der Waals surface area contributed by atoms with Gasteiger partial charge in [0.2, 0.25) is 5.89 Å². The fourth-order valence-electron chi connectivity index (χ4n) is 3.23. The van der Waals surface area contributed by atoms with Crippen LogP contribution in [0.5, 0.6) is 0 Å². The summed E-state index contributed by atoms with van der Waals surface area (Å²) in [5.41, 5.74) is 4.07. The summed E-state index contributed by atoms with van der Waals surface area (Å²) in [6, 6.07) is 17.9. The molecule has 0 aliphatic heterocycles. The lowest BCUT2D eigenvalue weighted by molar-refractivity contribution is 0.260. The van der Waals surface area contributed by atoms with Gasteiger partial charge in [0.1, 0.15) is 0 Å². The van der Waals surface area contributed by atoms with E-state index in [1.165, 1.54) is 0 Å². The summed E-state index contributed by atoms with van der Waals surface area (Å²) in [6.07, 6.45) is 2.07. The van der Waals surface area contributed by atoms with Crippen LogP contribution < -0.4 is 0 Å². The molecule has 0 radical (unpaired) electrons. The highest BCUT2D eigenvalue weighted by Gasteiger charge is 2.16. The standard InChI is InChI=1S/C23H24ClN5O/c1-16(2)23-25-21(30-27-23)15-28(3)13-18-14-29(20-7-5-4-6-8-20)26-22(18)17-9-11-19(24)12-10-17/h4-12,14,16H,13,15H2,1-3H3. The molecular weight excluding hydrogens is 398 g/mol. The van der Waals surface area contributed by atoms with Gasteiger partial charge in [-0.3, -0.25) is 4.90 Å². The molecule has 7 heteroatoms. The van der Waals surface area contributed by atoms with Gasteiger partial charge in [-0.2, -0.15) is 10.1 Å². The van der Waals surface area contributed by atoms with E-state index in [9.17, 15) is 0 Å². The molecule has 0 saturated carbocycles.